The van der Waals surface area contributed by atoms with E-state index in [2.05, 4.69) is 5.32 Å². The molecular weight excluding hydrogens is 376 g/mol. The van der Waals surface area contributed by atoms with E-state index in [4.69, 9.17) is 9.47 Å². The summed E-state index contributed by atoms with van der Waals surface area (Å²) >= 11 is 0. The Bertz CT molecular complexity index is 769. The number of benzene rings is 1. The molecule has 8 nitrogen and oxygen atoms in total. The van der Waals surface area contributed by atoms with Crippen LogP contribution in [0.4, 0.5) is 5.69 Å². The third-order valence-electron chi connectivity index (χ3n) is 5.30. The largest absolute Gasteiger partial charge is 0.492 e. The second-order valence-electron chi connectivity index (χ2n) is 7.21. The lowest BCUT2D eigenvalue weighted by atomic mass is 9.81. The zero-order valence-electron chi connectivity index (χ0n) is 16.5. The molecule has 0 spiro atoms. The van der Waals surface area contributed by atoms with Gasteiger partial charge in [-0.05, 0) is 31.9 Å². The van der Waals surface area contributed by atoms with Gasteiger partial charge in [0.1, 0.15) is 5.75 Å². The summed E-state index contributed by atoms with van der Waals surface area (Å²) in [6.45, 7) is 1.84. The van der Waals surface area contributed by atoms with Crippen LogP contribution in [-0.4, -0.2) is 48.3 Å². The number of nitrogens with one attached hydrogen (secondary N) is 1. The summed E-state index contributed by atoms with van der Waals surface area (Å²) in [6, 6.07) is 6.96. The summed E-state index contributed by atoms with van der Waals surface area (Å²) in [5.74, 6) is -1.43. The molecule has 1 aliphatic carbocycles. The Labute approximate surface area is 169 Å². The molecule has 3 rings (SSSR count). The molecular formula is C21H26N2O6. The van der Waals surface area contributed by atoms with Crippen molar-refractivity contribution < 1.29 is 28.7 Å². The standard InChI is InChI=1S/C21H26N2O6/c1-2-28-17-10-6-5-9-16(17)22-18(24)13-29-19(25)11-12-23-20(26)14-7-3-4-8-15(14)21(23)27/h5-6,9-10,14-15H,2-4,7-8,11-13H2,1H3,(H,22,24)/t14-,15+. The number of amides is 3. The number of anilines is 1. The first-order valence-electron chi connectivity index (χ1n) is 10.0. The Morgan fingerprint density at radius 1 is 1.10 bits per heavy atom. The fourth-order valence-electron chi connectivity index (χ4n) is 3.91. The van der Waals surface area contributed by atoms with Gasteiger partial charge in [-0.25, -0.2) is 0 Å². The minimum Gasteiger partial charge on any atom is -0.492 e. The smallest absolute Gasteiger partial charge is 0.308 e. The molecule has 29 heavy (non-hydrogen) atoms. The molecule has 0 unspecified atom stereocenters. The van der Waals surface area contributed by atoms with Crippen molar-refractivity contribution in [1.29, 1.82) is 0 Å². The summed E-state index contributed by atoms with van der Waals surface area (Å²) in [5.41, 5.74) is 0.492. The van der Waals surface area contributed by atoms with Gasteiger partial charge in [-0.3, -0.25) is 24.1 Å². The van der Waals surface area contributed by atoms with Gasteiger partial charge in [0.2, 0.25) is 11.8 Å². The molecule has 1 saturated carbocycles. The fourth-order valence-corrected chi connectivity index (χ4v) is 3.91. The topological polar surface area (TPSA) is 102 Å². The summed E-state index contributed by atoms with van der Waals surface area (Å²) < 4.78 is 10.4. The third kappa shape index (κ3) is 4.93. The van der Waals surface area contributed by atoms with Crippen LogP contribution in [0.2, 0.25) is 0 Å². The minimum atomic E-state index is -0.631. The normalized spacial score (nSPS) is 20.9. The highest BCUT2D eigenvalue weighted by Gasteiger charge is 2.47. The molecule has 156 valence electrons. The summed E-state index contributed by atoms with van der Waals surface area (Å²) in [6.07, 6.45) is 3.26. The first-order valence-corrected chi connectivity index (χ1v) is 10.0. The maximum atomic E-state index is 12.4. The Morgan fingerprint density at radius 3 is 2.41 bits per heavy atom. The average Bonchev–Trinajstić information content (AvgIpc) is 2.97. The number of nitrogens with zero attached hydrogens (tertiary/aromatic N) is 1. The first kappa shape index (κ1) is 20.8. The van der Waals surface area contributed by atoms with E-state index in [9.17, 15) is 19.2 Å². The van der Waals surface area contributed by atoms with Crippen molar-refractivity contribution in [3.05, 3.63) is 24.3 Å². The van der Waals surface area contributed by atoms with Gasteiger partial charge < -0.3 is 14.8 Å². The number of carbonyl (C=O) groups is 4. The van der Waals surface area contributed by atoms with Crippen LogP contribution in [0.25, 0.3) is 0 Å². The highest BCUT2D eigenvalue weighted by molar-refractivity contribution is 6.05. The van der Waals surface area contributed by atoms with Crippen LogP contribution >= 0.6 is 0 Å². The lowest BCUT2D eigenvalue weighted by molar-refractivity contribution is -0.148. The van der Waals surface area contributed by atoms with Crippen LogP contribution in [0.15, 0.2) is 24.3 Å². The number of para-hydroxylation sites is 2. The number of esters is 1. The van der Waals surface area contributed by atoms with Crippen molar-refractivity contribution >= 4 is 29.4 Å². The number of hydrogen-bond acceptors (Lipinski definition) is 6. The fraction of sp³-hybridized carbons (Fsp3) is 0.524. The molecule has 0 bridgehead atoms. The molecule has 3 amide bonds. The van der Waals surface area contributed by atoms with E-state index in [0.29, 0.717) is 18.0 Å². The van der Waals surface area contributed by atoms with Crippen molar-refractivity contribution in [2.24, 2.45) is 11.8 Å². The monoisotopic (exact) mass is 402 g/mol. The second-order valence-corrected chi connectivity index (χ2v) is 7.21. The van der Waals surface area contributed by atoms with E-state index < -0.39 is 18.5 Å². The van der Waals surface area contributed by atoms with Crippen LogP contribution in [0.5, 0.6) is 5.75 Å². The van der Waals surface area contributed by atoms with Gasteiger partial charge in [0.25, 0.3) is 5.91 Å². The lowest BCUT2D eigenvalue weighted by Gasteiger charge is -2.19. The van der Waals surface area contributed by atoms with E-state index in [-0.39, 0.29) is 36.6 Å². The maximum Gasteiger partial charge on any atom is 0.308 e. The molecule has 0 aromatic heterocycles. The molecule has 1 saturated heterocycles. The Kier molecular flexibility index (Phi) is 6.85. The Balaban J connectivity index is 1.44. The number of hydrogen-bond donors (Lipinski definition) is 1. The quantitative estimate of drug-likeness (QED) is 0.528. The zero-order valence-corrected chi connectivity index (χ0v) is 16.5. The van der Waals surface area contributed by atoms with E-state index in [1.807, 2.05) is 6.92 Å². The molecule has 1 aromatic rings. The van der Waals surface area contributed by atoms with Crippen molar-refractivity contribution in [3.8, 4) is 5.75 Å². The molecule has 1 aliphatic heterocycles. The number of carbonyl (C=O) groups excluding carboxylic acids is 4. The van der Waals surface area contributed by atoms with E-state index in [1.165, 1.54) is 4.90 Å². The third-order valence-corrected chi connectivity index (χ3v) is 5.30. The molecule has 1 heterocycles. The summed E-state index contributed by atoms with van der Waals surface area (Å²) in [4.78, 5) is 50.0. The lowest BCUT2D eigenvalue weighted by Crippen LogP contribution is -2.33. The maximum absolute atomic E-state index is 12.4. The Morgan fingerprint density at radius 2 is 1.76 bits per heavy atom. The van der Waals surface area contributed by atoms with Gasteiger partial charge in [0.15, 0.2) is 6.61 Å². The number of rotatable bonds is 8. The summed E-state index contributed by atoms with van der Waals surface area (Å²) in [5, 5.41) is 2.64. The van der Waals surface area contributed by atoms with Crippen molar-refractivity contribution in [3.63, 3.8) is 0 Å². The highest BCUT2D eigenvalue weighted by atomic mass is 16.5. The highest BCUT2D eigenvalue weighted by Crippen LogP contribution is 2.37. The molecule has 8 heteroatoms. The van der Waals surface area contributed by atoms with Crippen LogP contribution < -0.4 is 10.1 Å². The predicted octanol–water partition coefficient (Wildman–Crippen LogP) is 2.13. The summed E-state index contributed by atoms with van der Waals surface area (Å²) in [7, 11) is 0. The van der Waals surface area contributed by atoms with Gasteiger partial charge >= 0.3 is 5.97 Å². The molecule has 0 radical (unpaired) electrons. The van der Waals surface area contributed by atoms with Gasteiger partial charge in [0, 0.05) is 6.54 Å². The van der Waals surface area contributed by atoms with Crippen LogP contribution in [0, 0.1) is 11.8 Å². The van der Waals surface area contributed by atoms with Gasteiger partial charge in [-0.15, -0.1) is 0 Å². The number of ether oxygens (including phenoxy) is 2. The number of imide groups is 1. The molecule has 2 fully saturated rings. The Hall–Kier alpha value is -2.90. The zero-order chi connectivity index (χ0) is 20.8. The van der Waals surface area contributed by atoms with Crippen LogP contribution in [-0.2, 0) is 23.9 Å². The van der Waals surface area contributed by atoms with Crippen molar-refractivity contribution in [1.82, 2.24) is 4.90 Å². The van der Waals surface area contributed by atoms with Gasteiger partial charge in [0.05, 0.1) is 30.6 Å². The second kappa shape index (κ2) is 9.54. The molecule has 1 N–H and O–H groups in total. The molecule has 2 aliphatic rings. The van der Waals surface area contributed by atoms with Gasteiger partial charge in [-0.1, -0.05) is 25.0 Å². The number of fused-ring (bicyclic) bond motifs is 1. The molecule has 2 atom stereocenters. The average molecular weight is 402 g/mol. The van der Waals surface area contributed by atoms with E-state index in [1.54, 1.807) is 24.3 Å². The van der Waals surface area contributed by atoms with Gasteiger partial charge in [-0.2, -0.15) is 0 Å². The van der Waals surface area contributed by atoms with E-state index in [0.717, 1.165) is 25.7 Å². The predicted molar refractivity (Wildman–Crippen MR) is 104 cm³/mol. The molecule has 1 aromatic carbocycles. The number of likely N-dealkylation sites (tertiary alicyclic amines) is 1. The van der Waals surface area contributed by atoms with Crippen molar-refractivity contribution in [2.45, 2.75) is 39.0 Å². The van der Waals surface area contributed by atoms with Crippen LogP contribution in [0.1, 0.15) is 39.0 Å². The van der Waals surface area contributed by atoms with Crippen LogP contribution in [0.3, 0.4) is 0 Å². The van der Waals surface area contributed by atoms with E-state index >= 15 is 0 Å². The SMILES string of the molecule is CCOc1ccccc1NC(=O)COC(=O)CCN1C(=O)[C@H]2CCCC[C@H]2C1=O. The first-order chi connectivity index (χ1) is 14.0. The van der Waals surface area contributed by atoms with Crippen molar-refractivity contribution in [2.75, 3.05) is 25.1 Å². The minimum absolute atomic E-state index is 0.00169.